The van der Waals surface area contributed by atoms with Gasteiger partial charge < -0.3 is 4.42 Å². The van der Waals surface area contributed by atoms with Gasteiger partial charge in [-0.25, -0.2) is 15.0 Å². The Morgan fingerprint density at radius 2 is 1.92 bits per heavy atom. The van der Waals surface area contributed by atoms with Crippen molar-refractivity contribution >= 4 is 34.0 Å². The molecule has 0 spiro atoms. The molecule has 1 aromatic carbocycles. The van der Waals surface area contributed by atoms with Crippen molar-refractivity contribution in [1.82, 2.24) is 15.0 Å². The Morgan fingerprint density at radius 3 is 2.84 bits per heavy atom. The third-order valence-electron chi connectivity index (χ3n) is 4.71. The van der Waals surface area contributed by atoms with Crippen molar-refractivity contribution in [2.75, 3.05) is 0 Å². The smallest absolute Gasteiger partial charge is 0.229 e. The van der Waals surface area contributed by atoms with Crippen molar-refractivity contribution in [3.63, 3.8) is 0 Å². The van der Waals surface area contributed by atoms with Gasteiger partial charge in [-0.3, -0.25) is 0 Å². The molecule has 5 heteroatoms. The SMILES string of the molecule is c1ccc(CSc2ncnc3c2oc2nc4c(cc23)CCCC4)cc1. The van der Waals surface area contributed by atoms with Crippen LogP contribution >= 0.6 is 11.8 Å². The van der Waals surface area contributed by atoms with Crippen LogP contribution in [0.15, 0.2) is 52.2 Å². The molecule has 1 aliphatic carbocycles. The van der Waals surface area contributed by atoms with E-state index in [0.29, 0.717) is 5.71 Å². The average molecular weight is 347 g/mol. The summed E-state index contributed by atoms with van der Waals surface area (Å²) in [4.78, 5) is 13.7. The second kappa shape index (κ2) is 6.15. The van der Waals surface area contributed by atoms with E-state index in [9.17, 15) is 0 Å². The van der Waals surface area contributed by atoms with Crippen molar-refractivity contribution in [2.24, 2.45) is 0 Å². The minimum Gasteiger partial charge on any atom is -0.433 e. The normalized spacial score (nSPS) is 14.1. The van der Waals surface area contributed by atoms with Gasteiger partial charge in [-0.1, -0.05) is 42.1 Å². The van der Waals surface area contributed by atoms with Crippen LogP contribution in [-0.2, 0) is 18.6 Å². The number of fused-ring (bicyclic) bond motifs is 4. The van der Waals surface area contributed by atoms with E-state index in [4.69, 9.17) is 9.40 Å². The van der Waals surface area contributed by atoms with Crippen LogP contribution in [-0.4, -0.2) is 15.0 Å². The van der Waals surface area contributed by atoms with Gasteiger partial charge in [0, 0.05) is 11.4 Å². The highest BCUT2D eigenvalue weighted by Crippen LogP contribution is 2.35. The Bertz CT molecular complexity index is 1060. The van der Waals surface area contributed by atoms with Crippen LogP contribution in [0.1, 0.15) is 29.7 Å². The topological polar surface area (TPSA) is 51.8 Å². The zero-order valence-electron chi connectivity index (χ0n) is 13.7. The average Bonchev–Trinajstić information content (AvgIpc) is 3.03. The Labute approximate surface area is 149 Å². The number of pyridine rings is 1. The van der Waals surface area contributed by atoms with Gasteiger partial charge in [0.1, 0.15) is 16.9 Å². The van der Waals surface area contributed by atoms with Gasteiger partial charge in [0.25, 0.3) is 0 Å². The Kier molecular flexibility index (Phi) is 3.67. The van der Waals surface area contributed by atoms with Crippen LogP contribution in [0.2, 0.25) is 0 Å². The second-order valence-electron chi connectivity index (χ2n) is 6.39. The van der Waals surface area contributed by atoms with Crippen molar-refractivity contribution in [3.05, 3.63) is 59.5 Å². The maximum atomic E-state index is 6.08. The number of thioether (sulfide) groups is 1. The van der Waals surface area contributed by atoms with Crippen molar-refractivity contribution in [2.45, 2.75) is 36.5 Å². The molecule has 4 nitrogen and oxygen atoms in total. The monoisotopic (exact) mass is 347 g/mol. The lowest BCUT2D eigenvalue weighted by Gasteiger charge is -2.13. The molecule has 3 aromatic heterocycles. The maximum absolute atomic E-state index is 6.08. The minimum absolute atomic E-state index is 0.692. The summed E-state index contributed by atoms with van der Waals surface area (Å²) in [6.07, 6.45) is 6.23. The number of aromatic nitrogens is 3. The lowest BCUT2D eigenvalue weighted by Crippen LogP contribution is -2.04. The molecule has 25 heavy (non-hydrogen) atoms. The summed E-state index contributed by atoms with van der Waals surface area (Å²) in [5, 5.41) is 1.89. The lowest BCUT2D eigenvalue weighted by molar-refractivity contribution is 0.624. The molecule has 124 valence electrons. The number of hydrogen-bond acceptors (Lipinski definition) is 5. The first-order chi connectivity index (χ1) is 12.4. The number of benzene rings is 1. The first-order valence-corrected chi connectivity index (χ1v) is 9.60. The molecular weight excluding hydrogens is 330 g/mol. The molecule has 3 heterocycles. The summed E-state index contributed by atoms with van der Waals surface area (Å²) in [6, 6.07) is 12.6. The van der Waals surface area contributed by atoms with Crippen LogP contribution in [0, 0.1) is 0 Å². The molecule has 5 rings (SSSR count). The van der Waals surface area contributed by atoms with Crippen molar-refractivity contribution in [3.8, 4) is 0 Å². The molecule has 0 fully saturated rings. The zero-order valence-corrected chi connectivity index (χ0v) is 14.6. The van der Waals surface area contributed by atoms with Gasteiger partial charge in [-0.05, 0) is 42.9 Å². The van der Waals surface area contributed by atoms with Crippen LogP contribution in [0.5, 0.6) is 0 Å². The lowest BCUT2D eigenvalue weighted by atomic mass is 9.95. The molecule has 0 aliphatic heterocycles. The number of rotatable bonds is 3. The molecule has 0 radical (unpaired) electrons. The van der Waals surface area contributed by atoms with Crippen LogP contribution in [0.4, 0.5) is 0 Å². The van der Waals surface area contributed by atoms with E-state index in [2.05, 4.69) is 40.3 Å². The second-order valence-corrected chi connectivity index (χ2v) is 7.35. The third kappa shape index (κ3) is 2.68. The van der Waals surface area contributed by atoms with Crippen molar-refractivity contribution < 1.29 is 4.42 Å². The minimum atomic E-state index is 0.692. The first kappa shape index (κ1) is 14.9. The van der Waals surface area contributed by atoms with E-state index in [1.807, 2.05) is 6.07 Å². The molecule has 1 aliphatic rings. The molecule has 0 saturated heterocycles. The Morgan fingerprint density at radius 1 is 1.04 bits per heavy atom. The highest BCUT2D eigenvalue weighted by molar-refractivity contribution is 7.98. The summed E-state index contributed by atoms with van der Waals surface area (Å²) in [6.45, 7) is 0. The van der Waals surface area contributed by atoms with E-state index >= 15 is 0 Å². The van der Waals surface area contributed by atoms with Gasteiger partial charge in [-0.15, -0.1) is 0 Å². The molecule has 0 N–H and O–H groups in total. The molecule has 4 aromatic rings. The highest BCUT2D eigenvalue weighted by atomic mass is 32.2. The summed E-state index contributed by atoms with van der Waals surface area (Å²) < 4.78 is 6.08. The molecule has 0 unspecified atom stereocenters. The largest absolute Gasteiger partial charge is 0.433 e. The molecule has 0 bridgehead atoms. The zero-order chi connectivity index (χ0) is 16.6. The molecule has 0 saturated carbocycles. The van der Waals surface area contributed by atoms with E-state index in [0.717, 1.165) is 40.1 Å². The maximum Gasteiger partial charge on any atom is 0.229 e. The van der Waals surface area contributed by atoms with E-state index < -0.39 is 0 Å². The predicted octanol–water partition coefficient (Wildman–Crippen LogP) is 4.94. The van der Waals surface area contributed by atoms with Gasteiger partial charge in [0.15, 0.2) is 5.58 Å². The molecule has 0 amide bonds. The summed E-state index contributed by atoms with van der Waals surface area (Å²) in [7, 11) is 0. The molecular formula is C20H17N3OS. The van der Waals surface area contributed by atoms with Gasteiger partial charge in [0.05, 0.1) is 5.39 Å². The van der Waals surface area contributed by atoms with Gasteiger partial charge in [0.2, 0.25) is 5.71 Å². The number of nitrogens with zero attached hydrogens (tertiary/aromatic N) is 3. The van der Waals surface area contributed by atoms with E-state index in [-0.39, 0.29) is 0 Å². The summed E-state index contributed by atoms with van der Waals surface area (Å²) in [5.74, 6) is 0.855. The van der Waals surface area contributed by atoms with Crippen LogP contribution < -0.4 is 0 Å². The summed E-state index contributed by atoms with van der Waals surface area (Å²) in [5.41, 5.74) is 6.12. The quantitative estimate of drug-likeness (QED) is 0.388. The van der Waals surface area contributed by atoms with Gasteiger partial charge >= 0.3 is 0 Å². The first-order valence-electron chi connectivity index (χ1n) is 8.61. The fourth-order valence-electron chi connectivity index (χ4n) is 3.43. The Hall–Kier alpha value is -2.40. The fourth-order valence-corrected chi connectivity index (χ4v) is 4.32. The van der Waals surface area contributed by atoms with Crippen LogP contribution in [0.3, 0.4) is 0 Å². The highest BCUT2D eigenvalue weighted by Gasteiger charge is 2.19. The van der Waals surface area contributed by atoms with Gasteiger partial charge in [-0.2, -0.15) is 0 Å². The number of furan rings is 1. The van der Waals surface area contributed by atoms with Crippen LogP contribution in [0.25, 0.3) is 22.2 Å². The molecule has 0 atom stereocenters. The number of aryl methyl sites for hydroxylation is 2. The van der Waals surface area contributed by atoms with Crippen molar-refractivity contribution in [1.29, 1.82) is 0 Å². The van der Waals surface area contributed by atoms with E-state index in [1.54, 1.807) is 18.1 Å². The predicted molar refractivity (Wildman–Crippen MR) is 99.8 cm³/mol. The van der Waals surface area contributed by atoms with E-state index in [1.165, 1.54) is 29.7 Å². The Balaban J connectivity index is 1.58. The third-order valence-corrected chi connectivity index (χ3v) is 5.75. The fraction of sp³-hybridized carbons (Fsp3) is 0.250. The number of hydrogen-bond donors (Lipinski definition) is 0. The standard InChI is InChI=1S/C20H17N3OS/c1-2-6-13(7-3-1)11-25-20-18-17(21-12-22-20)15-10-14-8-4-5-9-16(14)23-19(15)24-18/h1-3,6-7,10,12H,4-5,8-9,11H2. The summed E-state index contributed by atoms with van der Waals surface area (Å²) >= 11 is 1.68.